The molecule has 2 aromatic carbocycles. The average Bonchev–Trinajstić information content (AvgIpc) is 2.53. The standard InChI is InChI=1S/C20H24N2O4/c1-14(2)21(19(23)26-20(3,4)5)18-12-7-6-11-17(18)15-9-8-10-16(13-15)22(24)25/h6-14H,1-5H3. The van der Waals surface area contributed by atoms with E-state index in [1.54, 1.807) is 17.0 Å². The highest BCUT2D eigenvalue weighted by atomic mass is 16.6. The van der Waals surface area contributed by atoms with Gasteiger partial charge in [0.1, 0.15) is 5.60 Å². The monoisotopic (exact) mass is 356 g/mol. The third-order valence-electron chi connectivity index (χ3n) is 3.64. The molecule has 0 spiro atoms. The normalized spacial score (nSPS) is 11.3. The Morgan fingerprint density at radius 1 is 1.12 bits per heavy atom. The Morgan fingerprint density at radius 2 is 1.77 bits per heavy atom. The molecule has 0 aliphatic rings. The van der Waals surface area contributed by atoms with E-state index >= 15 is 0 Å². The van der Waals surface area contributed by atoms with E-state index in [0.29, 0.717) is 11.3 Å². The summed E-state index contributed by atoms with van der Waals surface area (Å²) in [6, 6.07) is 13.6. The number of ether oxygens (including phenoxy) is 1. The lowest BCUT2D eigenvalue weighted by Gasteiger charge is -2.31. The van der Waals surface area contributed by atoms with Crippen LogP contribution in [0.15, 0.2) is 48.5 Å². The molecule has 6 heteroatoms. The minimum Gasteiger partial charge on any atom is -0.443 e. The van der Waals surface area contributed by atoms with E-state index in [-0.39, 0.29) is 11.7 Å². The second kappa shape index (κ2) is 7.56. The fraction of sp³-hybridized carbons (Fsp3) is 0.350. The quantitative estimate of drug-likeness (QED) is 0.542. The van der Waals surface area contributed by atoms with Crippen molar-refractivity contribution in [1.82, 2.24) is 0 Å². The Kier molecular flexibility index (Phi) is 5.65. The number of hydrogen-bond donors (Lipinski definition) is 0. The molecule has 2 aromatic rings. The van der Waals surface area contributed by atoms with Gasteiger partial charge >= 0.3 is 6.09 Å². The molecule has 26 heavy (non-hydrogen) atoms. The molecule has 6 nitrogen and oxygen atoms in total. The molecule has 0 saturated carbocycles. The van der Waals surface area contributed by atoms with E-state index in [2.05, 4.69) is 0 Å². The largest absolute Gasteiger partial charge is 0.443 e. The van der Waals surface area contributed by atoms with Gasteiger partial charge in [0.2, 0.25) is 0 Å². The summed E-state index contributed by atoms with van der Waals surface area (Å²) < 4.78 is 5.55. The van der Waals surface area contributed by atoms with Crippen molar-refractivity contribution >= 4 is 17.5 Å². The fourth-order valence-corrected chi connectivity index (χ4v) is 2.61. The number of carbonyl (C=O) groups is 1. The Hall–Kier alpha value is -2.89. The zero-order valence-electron chi connectivity index (χ0n) is 15.7. The topological polar surface area (TPSA) is 72.7 Å². The fourth-order valence-electron chi connectivity index (χ4n) is 2.61. The van der Waals surface area contributed by atoms with Crippen LogP contribution in [0.4, 0.5) is 16.2 Å². The summed E-state index contributed by atoms with van der Waals surface area (Å²) >= 11 is 0. The van der Waals surface area contributed by atoms with Crippen LogP contribution in [0.2, 0.25) is 0 Å². The van der Waals surface area contributed by atoms with Gasteiger partial charge in [0.25, 0.3) is 5.69 Å². The van der Waals surface area contributed by atoms with Gasteiger partial charge in [-0.1, -0.05) is 30.3 Å². The van der Waals surface area contributed by atoms with E-state index in [1.807, 2.05) is 58.9 Å². The van der Waals surface area contributed by atoms with Gasteiger partial charge < -0.3 is 4.74 Å². The first kappa shape index (κ1) is 19.4. The summed E-state index contributed by atoms with van der Waals surface area (Å²) in [5, 5.41) is 11.1. The van der Waals surface area contributed by atoms with Gasteiger partial charge in [-0.05, 0) is 46.2 Å². The zero-order valence-corrected chi connectivity index (χ0v) is 15.7. The number of para-hydroxylation sites is 1. The molecule has 0 aromatic heterocycles. The van der Waals surface area contributed by atoms with Gasteiger partial charge in [0, 0.05) is 23.7 Å². The Balaban J connectivity index is 2.54. The molecular formula is C20H24N2O4. The van der Waals surface area contributed by atoms with Gasteiger partial charge in [-0.15, -0.1) is 0 Å². The first-order valence-corrected chi connectivity index (χ1v) is 8.46. The average molecular weight is 356 g/mol. The Labute approximate surface area is 153 Å². The summed E-state index contributed by atoms with van der Waals surface area (Å²) in [5.74, 6) is 0. The maximum Gasteiger partial charge on any atom is 0.415 e. The van der Waals surface area contributed by atoms with Gasteiger partial charge in [0.15, 0.2) is 0 Å². The number of nitrogens with zero attached hydrogens (tertiary/aromatic N) is 2. The number of nitro groups is 1. The van der Waals surface area contributed by atoms with Crippen molar-refractivity contribution in [3.63, 3.8) is 0 Å². The van der Waals surface area contributed by atoms with E-state index in [9.17, 15) is 14.9 Å². The highest BCUT2D eigenvalue weighted by Crippen LogP contribution is 2.34. The predicted molar refractivity (Wildman–Crippen MR) is 102 cm³/mol. The maximum absolute atomic E-state index is 12.8. The zero-order chi connectivity index (χ0) is 19.5. The number of benzene rings is 2. The van der Waals surface area contributed by atoms with Crippen molar-refractivity contribution in [2.75, 3.05) is 4.90 Å². The van der Waals surface area contributed by atoms with Crippen LogP contribution in [0.25, 0.3) is 11.1 Å². The molecule has 138 valence electrons. The van der Waals surface area contributed by atoms with E-state index in [0.717, 1.165) is 5.56 Å². The van der Waals surface area contributed by atoms with E-state index in [4.69, 9.17) is 4.74 Å². The summed E-state index contributed by atoms with van der Waals surface area (Å²) in [6.45, 7) is 9.24. The van der Waals surface area contributed by atoms with Crippen molar-refractivity contribution in [3.8, 4) is 11.1 Å². The third kappa shape index (κ3) is 4.59. The van der Waals surface area contributed by atoms with Crippen LogP contribution >= 0.6 is 0 Å². The molecule has 0 saturated heterocycles. The van der Waals surface area contributed by atoms with Crippen LogP contribution in [0.3, 0.4) is 0 Å². The lowest BCUT2D eigenvalue weighted by Crippen LogP contribution is -2.41. The highest BCUT2D eigenvalue weighted by molar-refractivity contribution is 5.94. The lowest BCUT2D eigenvalue weighted by molar-refractivity contribution is -0.384. The molecular weight excluding hydrogens is 332 g/mol. The molecule has 0 atom stereocenters. The molecule has 0 bridgehead atoms. The molecule has 0 aliphatic heterocycles. The minimum atomic E-state index is -0.620. The van der Waals surface area contributed by atoms with Crippen molar-refractivity contribution < 1.29 is 14.5 Å². The van der Waals surface area contributed by atoms with Crippen LogP contribution in [0.1, 0.15) is 34.6 Å². The second-order valence-corrected chi connectivity index (χ2v) is 7.27. The van der Waals surface area contributed by atoms with Gasteiger partial charge in [-0.25, -0.2) is 4.79 Å². The first-order chi connectivity index (χ1) is 12.1. The predicted octanol–water partition coefficient (Wildman–Crippen LogP) is 5.41. The molecule has 0 radical (unpaired) electrons. The third-order valence-corrected chi connectivity index (χ3v) is 3.64. The maximum atomic E-state index is 12.8. The van der Waals surface area contributed by atoms with E-state index in [1.165, 1.54) is 12.1 Å². The lowest BCUT2D eigenvalue weighted by atomic mass is 10.0. The first-order valence-electron chi connectivity index (χ1n) is 8.46. The molecule has 0 aliphatic carbocycles. The summed E-state index contributed by atoms with van der Waals surface area (Å²) in [6.07, 6.45) is -0.453. The summed E-state index contributed by atoms with van der Waals surface area (Å²) in [4.78, 5) is 25.0. The molecule has 0 heterocycles. The van der Waals surface area contributed by atoms with Crippen molar-refractivity contribution in [2.45, 2.75) is 46.3 Å². The Morgan fingerprint density at radius 3 is 2.35 bits per heavy atom. The molecule has 0 fully saturated rings. The van der Waals surface area contributed by atoms with Crippen LogP contribution in [0.5, 0.6) is 0 Å². The minimum absolute atomic E-state index is 0.00525. The van der Waals surface area contributed by atoms with Crippen LogP contribution in [0, 0.1) is 10.1 Å². The summed E-state index contributed by atoms with van der Waals surface area (Å²) in [7, 11) is 0. The number of rotatable bonds is 4. The molecule has 2 rings (SSSR count). The van der Waals surface area contributed by atoms with Gasteiger partial charge in [0.05, 0.1) is 10.6 Å². The van der Waals surface area contributed by atoms with Crippen molar-refractivity contribution in [1.29, 1.82) is 0 Å². The Bertz CT molecular complexity index is 809. The number of nitro benzene ring substituents is 1. The van der Waals surface area contributed by atoms with Crippen LogP contribution < -0.4 is 4.90 Å². The van der Waals surface area contributed by atoms with Crippen molar-refractivity contribution in [3.05, 3.63) is 58.6 Å². The summed E-state index contributed by atoms with van der Waals surface area (Å²) in [5.41, 5.74) is 1.44. The van der Waals surface area contributed by atoms with Gasteiger partial charge in [-0.2, -0.15) is 0 Å². The van der Waals surface area contributed by atoms with Crippen LogP contribution in [-0.2, 0) is 4.74 Å². The van der Waals surface area contributed by atoms with Gasteiger partial charge in [-0.3, -0.25) is 15.0 Å². The van der Waals surface area contributed by atoms with Crippen molar-refractivity contribution in [2.24, 2.45) is 0 Å². The number of non-ortho nitro benzene ring substituents is 1. The SMILES string of the molecule is CC(C)N(C(=O)OC(C)(C)C)c1ccccc1-c1cccc([N+](=O)[O-])c1. The number of anilines is 1. The highest BCUT2D eigenvalue weighted by Gasteiger charge is 2.27. The second-order valence-electron chi connectivity index (χ2n) is 7.27. The van der Waals surface area contributed by atoms with Crippen LogP contribution in [-0.4, -0.2) is 22.7 Å². The number of amides is 1. The molecule has 0 N–H and O–H groups in total. The number of hydrogen-bond acceptors (Lipinski definition) is 4. The molecule has 1 amide bonds. The number of carbonyl (C=O) groups excluding carboxylic acids is 1. The molecule has 0 unspecified atom stereocenters. The van der Waals surface area contributed by atoms with E-state index < -0.39 is 16.6 Å². The smallest absolute Gasteiger partial charge is 0.415 e.